The van der Waals surface area contributed by atoms with Crippen molar-refractivity contribution in [3.8, 4) is 0 Å². The van der Waals surface area contributed by atoms with E-state index in [9.17, 15) is 0 Å². The number of fused-ring (bicyclic) bond motifs is 2. The molecule has 3 aliphatic rings. The van der Waals surface area contributed by atoms with Crippen LogP contribution >= 0.6 is 0 Å². The molecule has 3 rings (SSSR count). The van der Waals surface area contributed by atoms with E-state index in [1.165, 1.54) is 32.1 Å². The Bertz CT molecular complexity index is 173. The average Bonchev–Trinajstić information content (AvgIpc) is 2.19. The van der Waals surface area contributed by atoms with E-state index in [2.05, 4.69) is 0 Å². The van der Waals surface area contributed by atoms with Gasteiger partial charge in [-0.1, -0.05) is 0 Å². The molecular formula is C10H17N. The van der Waals surface area contributed by atoms with Gasteiger partial charge in [-0.3, -0.25) is 0 Å². The van der Waals surface area contributed by atoms with Gasteiger partial charge in [0.15, 0.2) is 0 Å². The van der Waals surface area contributed by atoms with Gasteiger partial charge in [-0.25, -0.2) is 0 Å². The standard InChI is InChI=1S/C10H17N/c11-10-5-7-1-6-2-8(3-7)9(10)4-6/h6-10H,1-5,11H2/t6-,7+,8+,9-,10+/m1/s1. The van der Waals surface area contributed by atoms with Gasteiger partial charge >= 0.3 is 0 Å². The topological polar surface area (TPSA) is 26.0 Å². The van der Waals surface area contributed by atoms with Gasteiger partial charge < -0.3 is 5.73 Å². The smallest absolute Gasteiger partial charge is 0.00725 e. The third-order valence-electron chi connectivity index (χ3n) is 4.31. The van der Waals surface area contributed by atoms with Crippen molar-refractivity contribution in [1.29, 1.82) is 0 Å². The van der Waals surface area contributed by atoms with Crippen LogP contribution < -0.4 is 5.73 Å². The molecule has 0 aromatic carbocycles. The minimum absolute atomic E-state index is 0.575. The highest BCUT2D eigenvalue weighted by molar-refractivity contribution is 5.00. The van der Waals surface area contributed by atoms with Crippen LogP contribution in [0.5, 0.6) is 0 Å². The van der Waals surface area contributed by atoms with Gasteiger partial charge in [-0.05, 0) is 55.8 Å². The number of rotatable bonds is 0. The summed E-state index contributed by atoms with van der Waals surface area (Å²) in [6.07, 6.45) is 7.38. The molecule has 3 fully saturated rings. The summed E-state index contributed by atoms with van der Waals surface area (Å²) in [6.45, 7) is 0. The maximum atomic E-state index is 6.14. The number of hydrogen-bond acceptors (Lipinski definition) is 1. The van der Waals surface area contributed by atoms with Crippen molar-refractivity contribution in [3.63, 3.8) is 0 Å². The monoisotopic (exact) mass is 151 g/mol. The number of hydrogen-bond donors (Lipinski definition) is 1. The molecule has 3 aliphatic carbocycles. The lowest BCUT2D eigenvalue weighted by molar-refractivity contribution is 0.156. The van der Waals surface area contributed by atoms with E-state index in [1.54, 1.807) is 0 Å². The molecule has 0 radical (unpaired) electrons. The summed E-state index contributed by atoms with van der Waals surface area (Å²) in [5.74, 6) is 4.08. The summed E-state index contributed by atoms with van der Waals surface area (Å²) in [6, 6.07) is 0.575. The molecule has 3 saturated carbocycles. The van der Waals surface area contributed by atoms with Gasteiger partial charge in [0.05, 0.1) is 0 Å². The second-order valence-corrected chi connectivity index (χ2v) is 5.00. The first-order valence-corrected chi connectivity index (χ1v) is 5.08. The highest BCUT2D eigenvalue weighted by Crippen LogP contribution is 2.54. The van der Waals surface area contributed by atoms with Crippen molar-refractivity contribution in [3.05, 3.63) is 0 Å². The quantitative estimate of drug-likeness (QED) is 0.561. The van der Waals surface area contributed by atoms with Crippen molar-refractivity contribution >= 4 is 0 Å². The summed E-state index contributed by atoms with van der Waals surface area (Å²) < 4.78 is 0. The summed E-state index contributed by atoms with van der Waals surface area (Å²) in [7, 11) is 0. The summed E-state index contributed by atoms with van der Waals surface area (Å²) in [4.78, 5) is 0. The summed E-state index contributed by atoms with van der Waals surface area (Å²) >= 11 is 0. The van der Waals surface area contributed by atoms with Crippen LogP contribution in [0.2, 0.25) is 0 Å². The van der Waals surface area contributed by atoms with E-state index < -0.39 is 0 Å². The zero-order valence-corrected chi connectivity index (χ0v) is 7.00. The Hall–Kier alpha value is -0.0400. The second kappa shape index (κ2) is 2.01. The van der Waals surface area contributed by atoms with E-state index in [0.717, 1.165) is 23.7 Å². The van der Waals surface area contributed by atoms with E-state index in [-0.39, 0.29) is 0 Å². The SMILES string of the molecule is N[C@H]1C[C@H]2C[C@@H]3C[C@@H](C2)[C@H]1C3. The highest BCUT2D eigenvalue weighted by atomic mass is 14.7. The Kier molecular flexibility index (Phi) is 1.18. The molecule has 2 N–H and O–H groups in total. The zero-order chi connectivity index (χ0) is 7.42. The molecule has 5 atom stereocenters. The minimum Gasteiger partial charge on any atom is -0.327 e. The van der Waals surface area contributed by atoms with Crippen LogP contribution in [-0.2, 0) is 0 Å². The molecule has 0 aliphatic heterocycles. The Morgan fingerprint density at radius 3 is 2.36 bits per heavy atom. The van der Waals surface area contributed by atoms with E-state index >= 15 is 0 Å². The average molecular weight is 151 g/mol. The first-order chi connectivity index (χ1) is 5.33. The molecular weight excluding hydrogens is 134 g/mol. The predicted octanol–water partition coefficient (Wildman–Crippen LogP) is 1.77. The summed E-state index contributed by atoms with van der Waals surface area (Å²) in [5.41, 5.74) is 6.14. The first-order valence-electron chi connectivity index (χ1n) is 5.08. The molecule has 0 unspecified atom stereocenters. The molecule has 0 aromatic rings. The molecule has 0 saturated heterocycles. The zero-order valence-electron chi connectivity index (χ0n) is 7.00. The molecule has 0 aromatic heterocycles. The van der Waals surface area contributed by atoms with E-state index in [4.69, 9.17) is 5.73 Å². The van der Waals surface area contributed by atoms with Crippen LogP contribution in [0.15, 0.2) is 0 Å². The minimum atomic E-state index is 0.575. The van der Waals surface area contributed by atoms with Crippen LogP contribution in [0.25, 0.3) is 0 Å². The third-order valence-corrected chi connectivity index (χ3v) is 4.31. The van der Waals surface area contributed by atoms with Crippen molar-refractivity contribution < 1.29 is 0 Å². The third kappa shape index (κ3) is 0.807. The maximum absolute atomic E-state index is 6.14. The molecule has 1 heteroatoms. The van der Waals surface area contributed by atoms with Crippen LogP contribution in [-0.4, -0.2) is 6.04 Å². The van der Waals surface area contributed by atoms with E-state index in [0.29, 0.717) is 6.04 Å². The van der Waals surface area contributed by atoms with Crippen molar-refractivity contribution in [2.24, 2.45) is 29.4 Å². The largest absolute Gasteiger partial charge is 0.327 e. The van der Waals surface area contributed by atoms with Crippen LogP contribution in [0.1, 0.15) is 32.1 Å². The number of nitrogens with two attached hydrogens (primary N) is 1. The van der Waals surface area contributed by atoms with Crippen molar-refractivity contribution in [2.75, 3.05) is 0 Å². The Balaban J connectivity index is 1.94. The molecule has 0 heterocycles. The summed E-state index contributed by atoms with van der Waals surface area (Å²) in [5, 5.41) is 0. The first kappa shape index (κ1) is 6.47. The van der Waals surface area contributed by atoms with E-state index in [1.807, 2.05) is 0 Å². The maximum Gasteiger partial charge on any atom is 0.00725 e. The van der Waals surface area contributed by atoms with Gasteiger partial charge in [0, 0.05) is 6.04 Å². The van der Waals surface area contributed by atoms with Gasteiger partial charge in [-0.15, -0.1) is 0 Å². The van der Waals surface area contributed by atoms with Gasteiger partial charge in [0.2, 0.25) is 0 Å². The highest BCUT2D eigenvalue weighted by Gasteiger charge is 2.47. The lowest BCUT2D eigenvalue weighted by Gasteiger charge is -2.37. The van der Waals surface area contributed by atoms with Crippen LogP contribution in [0.4, 0.5) is 0 Å². The molecule has 0 spiro atoms. The fourth-order valence-corrected chi connectivity index (χ4v) is 4.01. The van der Waals surface area contributed by atoms with Crippen molar-refractivity contribution in [1.82, 2.24) is 0 Å². The van der Waals surface area contributed by atoms with Crippen LogP contribution in [0.3, 0.4) is 0 Å². The fourth-order valence-electron chi connectivity index (χ4n) is 4.01. The molecule has 3 bridgehead atoms. The second-order valence-electron chi connectivity index (χ2n) is 5.00. The Morgan fingerprint density at radius 1 is 0.818 bits per heavy atom. The van der Waals surface area contributed by atoms with Crippen molar-refractivity contribution in [2.45, 2.75) is 38.1 Å². The predicted molar refractivity (Wildman–Crippen MR) is 45.0 cm³/mol. The molecule has 0 amide bonds. The lowest BCUT2D eigenvalue weighted by Crippen LogP contribution is -2.39. The Morgan fingerprint density at radius 2 is 1.55 bits per heavy atom. The Labute approximate surface area is 68.3 Å². The van der Waals surface area contributed by atoms with Crippen LogP contribution in [0, 0.1) is 23.7 Å². The molecule has 11 heavy (non-hydrogen) atoms. The lowest BCUT2D eigenvalue weighted by atomic mass is 9.70. The van der Waals surface area contributed by atoms with Gasteiger partial charge in [0.1, 0.15) is 0 Å². The van der Waals surface area contributed by atoms with Gasteiger partial charge in [-0.2, -0.15) is 0 Å². The molecule has 62 valence electrons. The fraction of sp³-hybridized carbons (Fsp3) is 1.00. The van der Waals surface area contributed by atoms with Gasteiger partial charge in [0.25, 0.3) is 0 Å². The molecule has 1 nitrogen and oxygen atoms in total. The normalized spacial score (nSPS) is 60.3.